The highest BCUT2D eigenvalue weighted by molar-refractivity contribution is 14.1. The Morgan fingerprint density at radius 2 is 2.09 bits per heavy atom. The molecule has 6 heteroatoms. The molecule has 1 heterocycles. The number of nitrogens with zero attached hydrogens (tertiary/aromatic N) is 1. The molecule has 0 aliphatic heterocycles. The van der Waals surface area contributed by atoms with Gasteiger partial charge in [0, 0.05) is 5.46 Å². The fourth-order valence-electron chi connectivity index (χ4n) is 0.615. The van der Waals surface area contributed by atoms with Gasteiger partial charge < -0.3 is 10.0 Å². The van der Waals surface area contributed by atoms with Crippen molar-refractivity contribution in [3.8, 4) is 0 Å². The molecule has 0 fully saturated rings. The van der Waals surface area contributed by atoms with Gasteiger partial charge in [0.05, 0.1) is 0 Å². The summed E-state index contributed by atoms with van der Waals surface area (Å²) in [7, 11) is -1.48. The molecule has 2 N–H and O–H groups in total. The molecule has 3 nitrogen and oxygen atoms in total. The van der Waals surface area contributed by atoms with Crippen LogP contribution in [0.1, 0.15) is 0 Å². The lowest BCUT2D eigenvalue weighted by Gasteiger charge is -2.00. The summed E-state index contributed by atoms with van der Waals surface area (Å²) in [6.45, 7) is 0. The Bertz CT molecular complexity index is 271. The third-order valence-electron chi connectivity index (χ3n) is 1.12. The van der Waals surface area contributed by atoms with Gasteiger partial charge in [-0.2, -0.15) is 0 Å². The normalized spacial score (nSPS) is 9.82. The van der Waals surface area contributed by atoms with E-state index in [2.05, 4.69) is 4.98 Å². The molecule has 0 aliphatic rings. The molecular formula is C5H4BClINO2. The number of hydrogen-bond acceptors (Lipinski definition) is 3. The molecule has 0 bridgehead atoms. The zero-order valence-corrected chi connectivity index (χ0v) is 8.24. The largest absolute Gasteiger partial charge is 0.491 e. The molecule has 0 spiro atoms. The molecule has 0 atom stereocenters. The van der Waals surface area contributed by atoms with Gasteiger partial charge in [0.2, 0.25) is 0 Å². The molecular weight excluding hydrogens is 279 g/mol. The average Bonchev–Trinajstić information content (AvgIpc) is 1.85. The van der Waals surface area contributed by atoms with Crippen molar-refractivity contribution in [2.24, 2.45) is 0 Å². The maximum atomic E-state index is 8.76. The summed E-state index contributed by atoms with van der Waals surface area (Å²) >= 11 is 7.43. The molecule has 1 rings (SSSR count). The second kappa shape index (κ2) is 3.71. The van der Waals surface area contributed by atoms with E-state index < -0.39 is 7.12 Å². The summed E-state index contributed by atoms with van der Waals surface area (Å²) in [5, 5.41) is 17.9. The van der Waals surface area contributed by atoms with E-state index in [1.807, 2.05) is 22.6 Å². The smallest absolute Gasteiger partial charge is 0.423 e. The van der Waals surface area contributed by atoms with E-state index >= 15 is 0 Å². The van der Waals surface area contributed by atoms with Gasteiger partial charge in [-0.15, -0.1) is 0 Å². The standard InChI is InChI=1S/C5H4BClINO2/c7-4-2-1-3(6(10)11)5(8)9-4/h1-2,10-11H. The Kier molecular flexibility index (Phi) is 3.11. The van der Waals surface area contributed by atoms with E-state index in [0.29, 0.717) is 14.3 Å². The Labute approximate surface area is 82.7 Å². The van der Waals surface area contributed by atoms with Crippen molar-refractivity contribution in [1.29, 1.82) is 0 Å². The van der Waals surface area contributed by atoms with Crippen LogP contribution < -0.4 is 5.46 Å². The van der Waals surface area contributed by atoms with Crippen LogP contribution in [-0.4, -0.2) is 22.2 Å². The van der Waals surface area contributed by atoms with Gasteiger partial charge in [0.1, 0.15) is 8.85 Å². The maximum absolute atomic E-state index is 8.76. The highest BCUT2D eigenvalue weighted by Crippen LogP contribution is 2.05. The minimum absolute atomic E-state index is 0.346. The summed E-state index contributed by atoms with van der Waals surface area (Å²) < 4.78 is 0.505. The number of pyridine rings is 1. The highest BCUT2D eigenvalue weighted by Gasteiger charge is 2.15. The second-order valence-electron chi connectivity index (χ2n) is 1.89. The van der Waals surface area contributed by atoms with Crippen molar-refractivity contribution in [3.63, 3.8) is 0 Å². The first-order valence-corrected chi connectivity index (χ1v) is 4.25. The summed E-state index contributed by atoms with van der Waals surface area (Å²) in [5.74, 6) is 0. The Morgan fingerprint density at radius 3 is 2.55 bits per heavy atom. The third kappa shape index (κ3) is 2.29. The van der Waals surface area contributed by atoms with Crippen LogP contribution in [0, 0.1) is 3.70 Å². The predicted octanol–water partition coefficient (Wildman–Crippen LogP) is 0.0194. The van der Waals surface area contributed by atoms with Crippen molar-refractivity contribution in [2.45, 2.75) is 0 Å². The molecule has 0 saturated carbocycles. The van der Waals surface area contributed by atoms with Crippen molar-refractivity contribution in [3.05, 3.63) is 21.0 Å². The van der Waals surface area contributed by atoms with Gasteiger partial charge in [-0.3, -0.25) is 0 Å². The number of aromatic nitrogens is 1. The molecule has 0 radical (unpaired) electrons. The van der Waals surface area contributed by atoms with E-state index in [4.69, 9.17) is 21.6 Å². The quantitative estimate of drug-likeness (QED) is 0.434. The molecule has 0 aromatic carbocycles. The van der Waals surface area contributed by atoms with Crippen LogP contribution in [0.25, 0.3) is 0 Å². The van der Waals surface area contributed by atoms with Crippen LogP contribution in [0.4, 0.5) is 0 Å². The second-order valence-corrected chi connectivity index (χ2v) is 3.30. The van der Waals surface area contributed by atoms with Crippen molar-refractivity contribution >= 4 is 46.8 Å². The number of hydrogen-bond donors (Lipinski definition) is 2. The van der Waals surface area contributed by atoms with Gasteiger partial charge in [-0.05, 0) is 28.7 Å². The molecule has 0 aliphatic carbocycles. The zero-order valence-electron chi connectivity index (χ0n) is 5.33. The molecule has 1 aromatic rings. The van der Waals surface area contributed by atoms with E-state index in [-0.39, 0.29) is 0 Å². The Hall–Kier alpha value is 0.155. The van der Waals surface area contributed by atoms with Crippen LogP contribution in [-0.2, 0) is 0 Å². The molecule has 58 valence electrons. The van der Waals surface area contributed by atoms with E-state index in [1.165, 1.54) is 12.1 Å². The van der Waals surface area contributed by atoms with Crippen LogP contribution in [0.15, 0.2) is 12.1 Å². The van der Waals surface area contributed by atoms with Gasteiger partial charge in [-0.1, -0.05) is 17.7 Å². The highest BCUT2D eigenvalue weighted by atomic mass is 127. The van der Waals surface area contributed by atoms with Crippen LogP contribution >= 0.6 is 34.2 Å². The summed E-state index contributed by atoms with van der Waals surface area (Å²) in [4.78, 5) is 3.83. The lowest BCUT2D eigenvalue weighted by molar-refractivity contribution is 0.425. The fourth-order valence-corrected chi connectivity index (χ4v) is 1.62. The van der Waals surface area contributed by atoms with Crippen LogP contribution in [0.3, 0.4) is 0 Å². The lowest BCUT2D eigenvalue weighted by atomic mass is 9.82. The monoisotopic (exact) mass is 283 g/mol. The third-order valence-corrected chi connectivity index (χ3v) is 2.20. The zero-order chi connectivity index (χ0) is 8.43. The van der Waals surface area contributed by atoms with Crippen molar-refractivity contribution in [2.75, 3.05) is 0 Å². The van der Waals surface area contributed by atoms with Crippen molar-refractivity contribution in [1.82, 2.24) is 4.98 Å². The van der Waals surface area contributed by atoms with E-state index in [9.17, 15) is 0 Å². The SMILES string of the molecule is OB(O)c1ccc(Cl)nc1I. The molecule has 0 amide bonds. The lowest BCUT2D eigenvalue weighted by Crippen LogP contribution is -2.32. The van der Waals surface area contributed by atoms with Gasteiger partial charge in [0.15, 0.2) is 0 Å². The summed E-state index contributed by atoms with van der Waals surface area (Å²) in [6, 6.07) is 3.04. The van der Waals surface area contributed by atoms with E-state index in [1.54, 1.807) is 0 Å². The molecule has 0 saturated heterocycles. The first-order chi connectivity index (χ1) is 5.11. The minimum atomic E-state index is -1.48. The van der Waals surface area contributed by atoms with E-state index in [0.717, 1.165) is 0 Å². The molecule has 11 heavy (non-hydrogen) atoms. The summed E-state index contributed by atoms with van der Waals surface area (Å²) in [5.41, 5.74) is 0.370. The molecule has 0 unspecified atom stereocenters. The Morgan fingerprint density at radius 1 is 1.45 bits per heavy atom. The van der Waals surface area contributed by atoms with Crippen LogP contribution in [0.2, 0.25) is 5.15 Å². The maximum Gasteiger partial charge on any atom is 0.491 e. The van der Waals surface area contributed by atoms with Gasteiger partial charge in [-0.25, -0.2) is 4.98 Å². The average molecular weight is 283 g/mol. The first-order valence-electron chi connectivity index (χ1n) is 2.79. The van der Waals surface area contributed by atoms with Crippen molar-refractivity contribution < 1.29 is 10.0 Å². The fraction of sp³-hybridized carbons (Fsp3) is 0. The van der Waals surface area contributed by atoms with Gasteiger partial charge >= 0.3 is 7.12 Å². The van der Waals surface area contributed by atoms with Crippen LogP contribution in [0.5, 0.6) is 0 Å². The molecule has 1 aromatic heterocycles. The first kappa shape index (κ1) is 9.24. The number of rotatable bonds is 1. The van der Waals surface area contributed by atoms with Gasteiger partial charge in [0.25, 0.3) is 0 Å². The number of halogens is 2. The summed E-state index contributed by atoms with van der Waals surface area (Å²) in [6.07, 6.45) is 0. The Balaban J connectivity index is 3.09. The topological polar surface area (TPSA) is 53.4 Å². The predicted molar refractivity (Wildman–Crippen MR) is 51.8 cm³/mol. The minimum Gasteiger partial charge on any atom is -0.423 e.